The van der Waals surface area contributed by atoms with Gasteiger partial charge in [-0.1, -0.05) is 18.2 Å². The summed E-state index contributed by atoms with van der Waals surface area (Å²) < 4.78 is 41.8. The number of piperidine rings is 1. The van der Waals surface area contributed by atoms with Crippen LogP contribution in [0.2, 0.25) is 0 Å². The van der Waals surface area contributed by atoms with Gasteiger partial charge >= 0.3 is 6.18 Å². The van der Waals surface area contributed by atoms with Gasteiger partial charge in [0.15, 0.2) is 0 Å². The molecule has 0 bridgehead atoms. The van der Waals surface area contributed by atoms with E-state index in [4.69, 9.17) is 4.74 Å². The number of methoxy groups -OCH3 is 1. The molecule has 1 aromatic carbocycles. The molecule has 0 saturated carbocycles. The Hall–Kier alpha value is -2.25. The van der Waals surface area contributed by atoms with Crippen LogP contribution in [0.3, 0.4) is 0 Å². The Morgan fingerprint density at radius 2 is 2.08 bits per heavy atom. The van der Waals surface area contributed by atoms with Crippen molar-refractivity contribution in [2.75, 3.05) is 20.2 Å². The van der Waals surface area contributed by atoms with Crippen molar-refractivity contribution in [3.05, 3.63) is 29.8 Å². The smallest absolute Gasteiger partial charge is 0.405 e. The van der Waals surface area contributed by atoms with Crippen LogP contribution in [0.25, 0.3) is 0 Å². The zero-order chi connectivity index (χ0) is 17.7. The Bertz CT molecular complexity index is 604. The average molecular weight is 344 g/mol. The van der Waals surface area contributed by atoms with Crippen LogP contribution in [0.5, 0.6) is 5.75 Å². The van der Waals surface area contributed by atoms with Crippen molar-refractivity contribution in [1.82, 2.24) is 10.2 Å². The summed E-state index contributed by atoms with van der Waals surface area (Å²) in [6, 6.07) is 7.17. The number of nitrogens with one attached hydrogen (secondary N) is 1. The van der Waals surface area contributed by atoms with Gasteiger partial charge in [-0.3, -0.25) is 9.59 Å². The van der Waals surface area contributed by atoms with Gasteiger partial charge in [0.05, 0.1) is 13.0 Å². The molecule has 1 saturated heterocycles. The molecular weight excluding hydrogens is 325 g/mol. The number of benzene rings is 1. The van der Waals surface area contributed by atoms with Crippen LogP contribution < -0.4 is 10.1 Å². The van der Waals surface area contributed by atoms with E-state index in [1.807, 2.05) is 5.32 Å². The maximum absolute atomic E-state index is 12.2. The van der Waals surface area contributed by atoms with Gasteiger partial charge in [-0.2, -0.15) is 13.2 Å². The number of hydrogen-bond acceptors (Lipinski definition) is 3. The Kier molecular flexibility index (Phi) is 5.69. The fourth-order valence-electron chi connectivity index (χ4n) is 2.65. The number of hydrogen-bond donors (Lipinski definition) is 1. The minimum Gasteiger partial charge on any atom is -0.496 e. The lowest BCUT2D eigenvalue weighted by atomic mass is 9.96. The van der Waals surface area contributed by atoms with Crippen LogP contribution in [0.15, 0.2) is 24.3 Å². The number of carbonyl (C=O) groups is 2. The number of amides is 2. The molecule has 24 heavy (non-hydrogen) atoms. The second kappa shape index (κ2) is 7.55. The summed E-state index contributed by atoms with van der Waals surface area (Å²) in [6.45, 7) is -1.00. The first-order chi connectivity index (χ1) is 11.3. The quantitative estimate of drug-likeness (QED) is 0.890. The van der Waals surface area contributed by atoms with E-state index >= 15 is 0 Å². The number of para-hydroxylation sites is 1. The van der Waals surface area contributed by atoms with E-state index in [2.05, 4.69) is 0 Å². The number of ether oxygens (including phenoxy) is 1. The van der Waals surface area contributed by atoms with Crippen LogP contribution in [-0.4, -0.2) is 43.1 Å². The predicted octanol–water partition coefficient (Wildman–Crippen LogP) is 2.11. The molecule has 1 atom stereocenters. The second-order valence-electron chi connectivity index (χ2n) is 5.65. The van der Waals surface area contributed by atoms with Crippen molar-refractivity contribution in [1.29, 1.82) is 0 Å². The number of alkyl halides is 3. The summed E-state index contributed by atoms with van der Waals surface area (Å²) in [5, 5.41) is 1.89. The molecular formula is C16H19F3N2O3. The van der Waals surface area contributed by atoms with Gasteiger partial charge in [-0.25, -0.2) is 0 Å². The first-order valence-electron chi connectivity index (χ1n) is 7.54. The van der Waals surface area contributed by atoms with Crippen molar-refractivity contribution in [3.8, 4) is 5.75 Å². The Labute approximate surface area is 137 Å². The molecule has 0 radical (unpaired) electrons. The highest BCUT2D eigenvalue weighted by Crippen LogP contribution is 2.24. The third kappa shape index (κ3) is 4.87. The van der Waals surface area contributed by atoms with Gasteiger partial charge < -0.3 is 15.0 Å². The summed E-state index contributed by atoms with van der Waals surface area (Å²) in [6.07, 6.45) is -4.05. The molecule has 1 heterocycles. The largest absolute Gasteiger partial charge is 0.496 e. The minimum atomic E-state index is -4.45. The van der Waals surface area contributed by atoms with E-state index in [1.54, 1.807) is 24.3 Å². The fraction of sp³-hybridized carbons (Fsp3) is 0.500. The highest BCUT2D eigenvalue weighted by Gasteiger charge is 2.33. The molecule has 5 nitrogen and oxygen atoms in total. The van der Waals surface area contributed by atoms with Gasteiger partial charge in [0.1, 0.15) is 12.3 Å². The normalized spacial score (nSPS) is 18.4. The molecule has 1 N–H and O–H groups in total. The molecule has 0 aromatic heterocycles. The number of likely N-dealkylation sites (tertiary alicyclic amines) is 1. The molecule has 1 unspecified atom stereocenters. The molecule has 0 spiro atoms. The Morgan fingerprint density at radius 1 is 1.38 bits per heavy atom. The van der Waals surface area contributed by atoms with Gasteiger partial charge in [0.25, 0.3) is 0 Å². The van der Waals surface area contributed by atoms with Crippen LogP contribution in [0, 0.1) is 5.92 Å². The first kappa shape index (κ1) is 18.1. The zero-order valence-corrected chi connectivity index (χ0v) is 13.2. The van der Waals surface area contributed by atoms with Crippen molar-refractivity contribution < 1.29 is 27.5 Å². The van der Waals surface area contributed by atoms with Crippen molar-refractivity contribution in [2.24, 2.45) is 5.92 Å². The molecule has 2 rings (SSSR count). The predicted molar refractivity (Wildman–Crippen MR) is 80.2 cm³/mol. The third-order valence-electron chi connectivity index (χ3n) is 3.89. The second-order valence-corrected chi connectivity index (χ2v) is 5.65. The molecule has 1 aliphatic heterocycles. The number of nitrogens with zero attached hydrogens (tertiary/aromatic N) is 1. The number of carbonyl (C=O) groups excluding carboxylic acids is 2. The molecule has 1 aromatic rings. The van der Waals surface area contributed by atoms with Crippen LogP contribution in [0.4, 0.5) is 13.2 Å². The van der Waals surface area contributed by atoms with Gasteiger partial charge in [0.2, 0.25) is 11.8 Å². The Balaban J connectivity index is 2.00. The highest BCUT2D eigenvalue weighted by molar-refractivity contribution is 5.83. The molecule has 0 aliphatic carbocycles. The van der Waals surface area contributed by atoms with Crippen LogP contribution in [-0.2, 0) is 16.1 Å². The molecule has 132 valence electrons. The molecule has 2 amide bonds. The number of halogens is 3. The monoisotopic (exact) mass is 344 g/mol. The van der Waals surface area contributed by atoms with Crippen LogP contribution >= 0.6 is 0 Å². The maximum Gasteiger partial charge on any atom is 0.405 e. The summed E-state index contributed by atoms with van der Waals surface area (Å²) in [5.41, 5.74) is 0.782. The standard InChI is InChI=1S/C16H19F3N2O3/c1-24-13-5-3-2-4-11(13)8-21-9-12(6-7-14(21)22)15(23)20-10-16(17,18)19/h2-5,12H,6-10H2,1H3,(H,20,23). The van der Waals surface area contributed by atoms with Crippen molar-refractivity contribution in [3.63, 3.8) is 0 Å². The average Bonchev–Trinajstić information content (AvgIpc) is 2.54. The third-order valence-corrected chi connectivity index (χ3v) is 3.89. The highest BCUT2D eigenvalue weighted by atomic mass is 19.4. The summed E-state index contributed by atoms with van der Waals surface area (Å²) in [5.74, 6) is -0.820. The van der Waals surface area contributed by atoms with E-state index in [0.29, 0.717) is 5.75 Å². The van der Waals surface area contributed by atoms with E-state index in [1.165, 1.54) is 12.0 Å². The first-order valence-corrected chi connectivity index (χ1v) is 7.54. The lowest BCUT2D eigenvalue weighted by Crippen LogP contribution is -2.46. The van der Waals surface area contributed by atoms with Gasteiger partial charge in [0, 0.05) is 25.1 Å². The van der Waals surface area contributed by atoms with E-state index in [-0.39, 0.29) is 31.8 Å². The van der Waals surface area contributed by atoms with Gasteiger partial charge in [-0.05, 0) is 12.5 Å². The molecule has 1 aliphatic rings. The number of rotatable bonds is 5. The molecule has 1 fully saturated rings. The minimum absolute atomic E-state index is 0.0978. The van der Waals surface area contributed by atoms with E-state index in [0.717, 1.165) is 5.56 Å². The Morgan fingerprint density at radius 3 is 2.75 bits per heavy atom. The van der Waals surface area contributed by atoms with E-state index in [9.17, 15) is 22.8 Å². The zero-order valence-electron chi connectivity index (χ0n) is 13.2. The topological polar surface area (TPSA) is 58.6 Å². The van der Waals surface area contributed by atoms with Gasteiger partial charge in [-0.15, -0.1) is 0 Å². The molecule has 8 heteroatoms. The maximum atomic E-state index is 12.2. The summed E-state index contributed by atoms with van der Waals surface area (Å²) in [4.78, 5) is 25.4. The van der Waals surface area contributed by atoms with Crippen LogP contribution in [0.1, 0.15) is 18.4 Å². The lowest BCUT2D eigenvalue weighted by molar-refractivity contribution is -0.145. The van der Waals surface area contributed by atoms with Crippen molar-refractivity contribution >= 4 is 11.8 Å². The van der Waals surface area contributed by atoms with E-state index < -0.39 is 24.5 Å². The van der Waals surface area contributed by atoms with Crippen molar-refractivity contribution in [2.45, 2.75) is 25.6 Å². The fourth-order valence-corrected chi connectivity index (χ4v) is 2.65. The lowest BCUT2D eigenvalue weighted by Gasteiger charge is -2.32. The summed E-state index contributed by atoms with van der Waals surface area (Å²) in [7, 11) is 1.52. The summed E-state index contributed by atoms with van der Waals surface area (Å²) >= 11 is 0. The SMILES string of the molecule is COc1ccccc1CN1CC(C(=O)NCC(F)(F)F)CCC1=O.